The fourth-order valence-electron chi connectivity index (χ4n) is 2.45. The zero-order valence-corrected chi connectivity index (χ0v) is 12.0. The zero-order valence-electron chi connectivity index (χ0n) is 12.0. The van der Waals surface area contributed by atoms with Gasteiger partial charge in [0.15, 0.2) is 5.82 Å². The maximum absolute atomic E-state index is 13.0. The van der Waals surface area contributed by atoms with E-state index >= 15 is 0 Å². The van der Waals surface area contributed by atoms with Crippen molar-refractivity contribution in [3.05, 3.63) is 51.7 Å². The van der Waals surface area contributed by atoms with Gasteiger partial charge in [-0.3, -0.25) is 4.79 Å². The summed E-state index contributed by atoms with van der Waals surface area (Å²) in [4.78, 5) is 19.9. The smallest absolute Gasteiger partial charge is 0.279 e. The minimum absolute atomic E-state index is 0.0941. The Bertz CT molecular complexity index is 862. The Morgan fingerprint density at radius 2 is 1.90 bits per heavy atom. The summed E-state index contributed by atoms with van der Waals surface area (Å²) < 4.78 is 14.2. The molecule has 0 spiro atoms. The number of fused-ring (bicyclic) bond motifs is 1. The van der Waals surface area contributed by atoms with Crippen LogP contribution in [0.2, 0.25) is 0 Å². The first-order chi connectivity index (χ1) is 9.97. The van der Waals surface area contributed by atoms with Gasteiger partial charge in [-0.2, -0.15) is 9.50 Å². The Morgan fingerprint density at radius 1 is 1.24 bits per heavy atom. The van der Waals surface area contributed by atoms with E-state index < -0.39 is 0 Å². The molecule has 21 heavy (non-hydrogen) atoms. The van der Waals surface area contributed by atoms with Crippen molar-refractivity contribution in [1.29, 1.82) is 0 Å². The Morgan fingerprint density at radius 3 is 2.52 bits per heavy atom. The van der Waals surface area contributed by atoms with Crippen molar-refractivity contribution in [2.45, 2.75) is 26.7 Å². The number of aryl methyl sites for hydroxylation is 1. The van der Waals surface area contributed by atoms with Crippen molar-refractivity contribution < 1.29 is 4.39 Å². The molecule has 0 aliphatic rings. The van der Waals surface area contributed by atoms with Gasteiger partial charge in [-0.15, -0.1) is 5.10 Å². The molecule has 2 heterocycles. The van der Waals surface area contributed by atoms with Crippen LogP contribution in [0.1, 0.15) is 31.0 Å². The molecule has 0 saturated carbocycles. The van der Waals surface area contributed by atoms with Gasteiger partial charge in [-0.25, -0.2) is 4.39 Å². The van der Waals surface area contributed by atoms with Gasteiger partial charge in [-0.05, 0) is 37.1 Å². The number of halogens is 1. The van der Waals surface area contributed by atoms with Gasteiger partial charge in [0.25, 0.3) is 5.56 Å². The molecule has 3 rings (SSSR count). The molecule has 3 aromatic rings. The van der Waals surface area contributed by atoms with Gasteiger partial charge >= 0.3 is 0 Å². The van der Waals surface area contributed by atoms with E-state index in [9.17, 15) is 9.18 Å². The van der Waals surface area contributed by atoms with E-state index in [0.717, 1.165) is 5.69 Å². The fourth-order valence-corrected chi connectivity index (χ4v) is 2.45. The first kappa shape index (κ1) is 13.5. The molecule has 0 amide bonds. The van der Waals surface area contributed by atoms with E-state index in [4.69, 9.17) is 0 Å². The first-order valence-corrected chi connectivity index (χ1v) is 6.73. The lowest BCUT2D eigenvalue weighted by molar-refractivity contribution is 0.628. The molecule has 2 aromatic heterocycles. The number of hydrogen-bond acceptors (Lipinski definition) is 3. The van der Waals surface area contributed by atoms with Crippen LogP contribution in [-0.2, 0) is 0 Å². The molecule has 0 atom stereocenters. The highest BCUT2D eigenvalue weighted by atomic mass is 19.1. The summed E-state index contributed by atoms with van der Waals surface area (Å²) in [5.41, 5.74) is 1.98. The maximum Gasteiger partial charge on any atom is 0.279 e. The standard InChI is InChI=1S/C15H15FN4O/c1-8(2)12-9(3)17-15-18-13(19-20(15)14(12)21)10-4-6-11(16)7-5-10/h4-8H,1-3H3,(H,17,18,19). The summed E-state index contributed by atoms with van der Waals surface area (Å²) in [6.07, 6.45) is 0. The maximum atomic E-state index is 13.0. The summed E-state index contributed by atoms with van der Waals surface area (Å²) in [6.45, 7) is 5.77. The molecule has 108 valence electrons. The molecule has 0 fully saturated rings. The molecular weight excluding hydrogens is 271 g/mol. The van der Waals surface area contributed by atoms with Gasteiger partial charge in [-0.1, -0.05) is 13.8 Å². The SMILES string of the molecule is Cc1[nH]c2nc(-c3ccc(F)cc3)nn2c(=O)c1C(C)C. The molecular formula is C15H15FN4O. The van der Waals surface area contributed by atoms with Crippen LogP contribution in [0.5, 0.6) is 0 Å². The topological polar surface area (TPSA) is 63.1 Å². The summed E-state index contributed by atoms with van der Waals surface area (Å²) in [5.74, 6) is 0.554. The lowest BCUT2D eigenvalue weighted by Crippen LogP contribution is -2.22. The van der Waals surface area contributed by atoms with Crippen molar-refractivity contribution in [2.24, 2.45) is 0 Å². The van der Waals surface area contributed by atoms with Crippen LogP contribution in [0.4, 0.5) is 4.39 Å². The van der Waals surface area contributed by atoms with Crippen LogP contribution in [0.3, 0.4) is 0 Å². The number of nitrogens with zero attached hydrogens (tertiary/aromatic N) is 3. The Kier molecular flexibility index (Phi) is 3.08. The molecule has 0 radical (unpaired) electrons. The highest BCUT2D eigenvalue weighted by Crippen LogP contribution is 2.17. The van der Waals surface area contributed by atoms with Crippen LogP contribution < -0.4 is 5.56 Å². The van der Waals surface area contributed by atoms with Gasteiger partial charge in [0.05, 0.1) is 0 Å². The lowest BCUT2D eigenvalue weighted by atomic mass is 10.0. The van der Waals surface area contributed by atoms with Gasteiger partial charge in [0.2, 0.25) is 5.78 Å². The van der Waals surface area contributed by atoms with E-state index in [1.165, 1.54) is 16.6 Å². The van der Waals surface area contributed by atoms with Crippen molar-refractivity contribution in [3.8, 4) is 11.4 Å². The molecule has 5 nitrogen and oxygen atoms in total. The van der Waals surface area contributed by atoms with Crippen molar-refractivity contribution in [2.75, 3.05) is 0 Å². The molecule has 0 aliphatic carbocycles. The minimum Gasteiger partial charge on any atom is -0.327 e. The van der Waals surface area contributed by atoms with Gasteiger partial charge in [0.1, 0.15) is 5.82 Å². The molecule has 0 unspecified atom stereocenters. The Hall–Kier alpha value is -2.50. The van der Waals surface area contributed by atoms with Crippen LogP contribution in [-0.4, -0.2) is 19.6 Å². The highest BCUT2D eigenvalue weighted by molar-refractivity contribution is 5.56. The van der Waals surface area contributed by atoms with E-state index in [-0.39, 0.29) is 17.3 Å². The Balaban J connectivity index is 2.23. The summed E-state index contributed by atoms with van der Waals surface area (Å²) in [7, 11) is 0. The van der Waals surface area contributed by atoms with Crippen molar-refractivity contribution in [3.63, 3.8) is 0 Å². The predicted molar refractivity (Wildman–Crippen MR) is 77.8 cm³/mol. The number of hydrogen-bond donors (Lipinski definition) is 1. The van der Waals surface area contributed by atoms with Crippen molar-refractivity contribution in [1.82, 2.24) is 19.6 Å². The number of rotatable bonds is 2. The third-order valence-electron chi connectivity index (χ3n) is 3.41. The number of H-pyrrole nitrogens is 1. The zero-order chi connectivity index (χ0) is 15.1. The lowest BCUT2D eigenvalue weighted by Gasteiger charge is -2.07. The number of aromatic nitrogens is 4. The minimum atomic E-state index is -0.323. The highest BCUT2D eigenvalue weighted by Gasteiger charge is 2.16. The third-order valence-corrected chi connectivity index (χ3v) is 3.41. The van der Waals surface area contributed by atoms with E-state index in [1.807, 2.05) is 20.8 Å². The van der Waals surface area contributed by atoms with E-state index in [0.29, 0.717) is 22.7 Å². The summed E-state index contributed by atoms with van der Waals surface area (Å²) in [6, 6.07) is 5.86. The second-order valence-electron chi connectivity index (χ2n) is 5.30. The molecule has 1 N–H and O–H groups in total. The van der Waals surface area contributed by atoms with Gasteiger partial charge in [0, 0.05) is 16.8 Å². The molecule has 0 saturated heterocycles. The molecule has 0 aliphatic heterocycles. The Labute approximate surface area is 120 Å². The fraction of sp³-hybridized carbons (Fsp3) is 0.267. The summed E-state index contributed by atoms with van der Waals surface area (Å²) in [5, 5.41) is 4.24. The largest absolute Gasteiger partial charge is 0.327 e. The van der Waals surface area contributed by atoms with Crippen LogP contribution >= 0.6 is 0 Å². The average Bonchev–Trinajstić information content (AvgIpc) is 2.83. The summed E-state index contributed by atoms with van der Waals surface area (Å²) >= 11 is 0. The quantitative estimate of drug-likeness (QED) is 0.787. The number of aromatic amines is 1. The second kappa shape index (κ2) is 4.80. The second-order valence-corrected chi connectivity index (χ2v) is 5.30. The molecule has 0 bridgehead atoms. The van der Waals surface area contributed by atoms with Gasteiger partial charge < -0.3 is 4.98 Å². The van der Waals surface area contributed by atoms with Crippen LogP contribution in [0.15, 0.2) is 29.1 Å². The third kappa shape index (κ3) is 2.22. The number of benzene rings is 1. The molecule has 1 aromatic carbocycles. The normalized spacial score (nSPS) is 11.5. The monoisotopic (exact) mass is 286 g/mol. The van der Waals surface area contributed by atoms with Crippen LogP contribution in [0.25, 0.3) is 17.2 Å². The van der Waals surface area contributed by atoms with Crippen LogP contribution in [0, 0.1) is 12.7 Å². The predicted octanol–water partition coefficient (Wildman–Crippen LogP) is 2.66. The van der Waals surface area contributed by atoms with E-state index in [2.05, 4.69) is 15.1 Å². The van der Waals surface area contributed by atoms with Crippen molar-refractivity contribution >= 4 is 5.78 Å². The average molecular weight is 286 g/mol. The van der Waals surface area contributed by atoms with E-state index in [1.54, 1.807) is 12.1 Å². The number of nitrogens with one attached hydrogen (secondary N) is 1. The molecule has 6 heteroatoms. The first-order valence-electron chi connectivity index (χ1n) is 6.73.